The molecule has 0 aliphatic carbocycles. The number of hydrogen-bond donors (Lipinski definition) is 1. The van der Waals surface area contributed by atoms with Gasteiger partial charge in [-0.25, -0.2) is 4.39 Å². The lowest BCUT2D eigenvalue weighted by Crippen LogP contribution is -2.10. The third kappa shape index (κ3) is 3.98. The zero-order valence-electron chi connectivity index (χ0n) is 10.6. The van der Waals surface area contributed by atoms with Crippen molar-refractivity contribution in [3.8, 4) is 5.75 Å². The van der Waals surface area contributed by atoms with E-state index < -0.39 is 0 Å². The van der Waals surface area contributed by atoms with E-state index in [4.69, 9.17) is 15.2 Å². The molecule has 96 valence electrons. The molecule has 0 radical (unpaired) electrons. The summed E-state index contributed by atoms with van der Waals surface area (Å²) in [5.74, 6) is 0.413. The van der Waals surface area contributed by atoms with Gasteiger partial charge in [0.1, 0.15) is 11.6 Å². The van der Waals surface area contributed by atoms with Gasteiger partial charge in [-0.2, -0.15) is 0 Å². The highest BCUT2D eigenvalue weighted by molar-refractivity contribution is 5.39. The summed E-state index contributed by atoms with van der Waals surface area (Å²) >= 11 is 0. The molecule has 0 saturated carbocycles. The molecule has 0 fully saturated rings. The first kappa shape index (κ1) is 13.9. The maximum absolute atomic E-state index is 13.4. The van der Waals surface area contributed by atoms with Crippen molar-refractivity contribution in [2.45, 2.75) is 26.3 Å². The van der Waals surface area contributed by atoms with E-state index in [1.165, 1.54) is 6.07 Å². The maximum Gasteiger partial charge on any atom is 0.126 e. The summed E-state index contributed by atoms with van der Waals surface area (Å²) in [6.45, 7) is 4.71. The van der Waals surface area contributed by atoms with Gasteiger partial charge in [-0.3, -0.25) is 0 Å². The Kier molecular flexibility index (Phi) is 5.38. The Morgan fingerprint density at radius 1 is 1.35 bits per heavy atom. The van der Waals surface area contributed by atoms with E-state index in [0.717, 1.165) is 6.42 Å². The number of aryl methyl sites for hydroxylation is 1. The number of rotatable bonds is 6. The van der Waals surface area contributed by atoms with Crippen LogP contribution < -0.4 is 10.5 Å². The normalized spacial score (nSPS) is 12.5. The molecule has 17 heavy (non-hydrogen) atoms. The lowest BCUT2D eigenvalue weighted by molar-refractivity contribution is 0.171. The first-order valence-electron chi connectivity index (χ1n) is 5.73. The minimum atomic E-state index is -0.249. The predicted octanol–water partition coefficient (Wildman–Crippen LogP) is 2.57. The van der Waals surface area contributed by atoms with Gasteiger partial charge in [-0.1, -0.05) is 0 Å². The molecule has 1 rings (SSSR count). The highest BCUT2D eigenvalue weighted by Crippen LogP contribution is 2.27. The van der Waals surface area contributed by atoms with Gasteiger partial charge in [0, 0.05) is 31.7 Å². The molecule has 0 amide bonds. The first-order chi connectivity index (χ1) is 8.06. The van der Waals surface area contributed by atoms with Gasteiger partial charge in [0.2, 0.25) is 0 Å². The Bertz CT molecular complexity index is 367. The summed E-state index contributed by atoms with van der Waals surface area (Å²) < 4.78 is 24.0. The van der Waals surface area contributed by atoms with E-state index in [2.05, 4.69) is 0 Å². The lowest BCUT2D eigenvalue weighted by Gasteiger charge is -2.15. The molecule has 0 saturated heterocycles. The second-order valence-electron chi connectivity index (χ2n) is 4.12. The molecular formula is C13H20FNO2. The van der Waals surface area contributed by atoms with Crippen LogP contribution in [0.4, 0.5) is 4.39 Å². The van der Waals surface area contributed by atoms with Crippen molar-refractivity contribution in [3.05, 3.63) is 29.1 Å². The van der Waals surface area contributed by atoms with E-state index in [1.54, 1.807) is 20.1 Å². The van der Waals surface area contributed by atoms with Crippen molar-refractivity contribution >= 4 is 0 Å². The number of hydrogen-bond acceptors (Lipinski definition) is 3. The molecule has 1 unspecified atom stereocenters. The van der Waals surface area contributed by atoms with Crippen LogP contribution in [0.1, 0.15) is 30.5 Å². The number of ether oxygens (including phenoxy) is 2. The molecule has 0 aromatic heterocycles. The van der Waals surface area contributed by atoms with Crippen molar-refractivity contribution < 1.29 is 13.9 Å². The standard InChI is InChI=1S/C13H20FNO2/c1-9-7-13(17-6-4-5-16-3)11(10(2)15)8-12(9)14/h7-8,10H,4-6,15H2,1-3H3. The van der Waals surface area contributed by atoms with Crippen LogP contribution >= 0.6 is 0 Å². The van der Waals surface area contributed by atoms with Crippen LogP contribution in [0, 0.1) is 12.7 Å². The first-order valence-corrected chi connectivity index (χ1v) is 5.73. The molecule has 0 spiro atoms. The highest BCUT2D eigenvalue weighted by atomic mass is 19.1. The van der Waals surface area contributed by atoms with E-state index >= 15 is 0 Å². The predicted molar refractivity (Wildman–Crippen MR) is 65.7 cm³/mol. The fraction of sp³-hybridized carbons (Fsp3) is 0.538. The average Bonchev–Trinajstić information content (AvgIpc) is 2.28. The summed E-state index contributed by atoms with van der Waals surface area (Å²) in [5, 5.41) is 0. The van der Waals surface area contributed by atoms with Gasteiger partial charge in [0.15, 0.2) is 0 Å². The zero-order chi connectivity index (χ0) is 12.8. The summed E-state index contributed by atoms with van der Waals surface area (Å²) in [6.07, 6.45) is 0.797. The zero-order valence-corrected chi connectivity index (χ0v) is 10.6. The SMILES string of the molecule is COCCCOc1cc(C)c(F)cc1C(C)N. The van der Waals surface area contributed by atoms with Gasteiger partial charge >= 0.3 is 0 Å². The van der Waals surface area contributed by atoms with Crippen LogP contribution in [0.5, 0.6) is 5.75 Å². The smallest absolute Gasteiger partial charge is 0.126 e. The topological polar surface area (TPSA) is 44.5 Å². The van der Waals surface area contributed by atoms with Gasteiger partial charge in [-0.15, -0.1) is 0 Å². The number of halogens is 1. The summed E-state index contributed by atoms with van der Waals surface area (Å²) in [5.41, 5.74) is 7.06. The summed E-state index contributed by atoms with van der Waals surface area (Å²) in [6, 6.07) is 2.90. The van der Waals surface area contributed by atoms with Crippen molar-refractivity contribution in [2.75, 3.05) is 20.3 Å². The van der Waals surface area contributed by atoms with Crippen LogP contribution in [0.15, 0.2) is 12.1 Å². The van der Waals surface area contributed by atoms with Gasteiger partial charge in [0.25, 0.3) is 0 Å². The van der Waals surface area contributed by atoms with Crippen molar-refractivity contribution in [2.24, 2.45) is 5.73 Å². The molecule has 0 aliphatic rings. The Morgan fingerprint density at radius 3 is 2.65 bits per heavy atom. The molecule has 2 N–H and O–H groups in total. The third-order valence-corrected chi connectivity index (χ3v) is 2.53. The Hall–Kier alpha value is -1.13. The average molecular weight is 241 g/mol. The van der Waals surface area contributed by atoms with E-state index in [1.807, 2.05) is 6.92 Å². The summed E-state index contributed by atoms with van der Waals surface area (Å²) in [4.78, 5) is 0. The molecular weight excluding hydrogens is 221 g/mol. The van der Waals surface area contributed by atoms with Crippen molar-refractivity contribution in [1.29, 1.82) is 0 Å². The molecule has 1 atom stereocenters. The van der Waals surface area contributed by atoms with Crippen LogP contribution in [0.2, 0.25) is 0 Å². The maximum atomic E-state index is 13.4. The van der Waals surface area contributed by atoms with E-state index in [9.17, 15) is 4.39 Å². The lowest BCUT2D eigenvalue weighted by atomic mass is 10.1. The molecule has 0 bridgehead atoms. The molecule has 0 heterocycles. The van der Waals surface area contributed by atoms with E-state index in [0.29, 0.717) is 30.1 Å². The monoisotopic (exact) mass is 241 g/mol. The molecule has 0 aliphatic heterocycles. The minimum Gasteiger partial charge on any atom is -0.493 e. The molecule has 1 aromatic carbocycles. The fourth-order valence-corrected chi connectivity index (χ4v) is 1.54. The quantitative estimate of drug-likeness (QED) is 0.778. The second kappa shape index (κ2) is 6.57. The van der Waals surface area contributed by atoms with Gasteiger partial charge < -0.3 is 15.2 Å². The van der Waals surface area contributed by atoms with E-state index in [-0.39, 0.29) is 11.9 Å². The number of methoxy groups -OCH3 is 1. The van der Waals surface area contributed by atoms with Crippen molar-refractivity contribution in [1.82, 2.24) is 0 Å². The second-order valence-corrected chi connectivity index (χ2v) is 4.12. The van der Waals surface area contributed by atoms with Crippen LogP contribution in [0.3, 0.4) is 0 Å². The van der Waals surface area contributed by atoms with Gasteiger partial charge in [-0.05, 0) is 31.5 Å². The highest BCUT2D eigenvalue weighted by Gasteiger charge is 2.11. The Morgan fingerprint density at radius 2 is 2.06 bits per heavy atom. The molecule has 3 nitrogen and oxygen atoms in total. The Labute approximate surface area is 102 Å². The van der Waals surface area contributed by atoms with Crippen LogP contribution in [-0.4, -0.2) is 20.3 Å². The van der Waals surface area contributed by atoms with Gasteiger partial charge in [0.05, 0.1) is 6.61 Å². The summed E-state index contributed by atoms with van der Waals surface area (Å²) in [7, 11) is 1.65. The Balaban J connectivity index is 2.78. The van der Waals surface area contributed by atoms with Crippen LogP contribution in [-0.2, 0) is 4.74 Å². The molecule has 1 aromatic rings. The fourth-order valence-electron chi connectivity index (χ4n) is 1.54. The van der Waals surface area contributed by atoms with Crippen molar-refractivity contribution in [3.63, 3.8) is 0 Å². The van der Waals surface area contributed by atoms with Crippen LogP contribution in [0.25, 0.3) is 0 Å². The molecule has 4 heteroatoms. The largest absolute Gasteiger partial charge is 0.493 e. The number of benzene rings is 1. The minimum absolute atomic E-state index is 0.248. The third-order valence-electron chi connectivity index (χ3n) is 2.53. The number of nitrogens with two attached hydrogens (primary N) is 1.